The zero-order chi connectivity index (χ0) is 21.9. The second-order valence-corrected chi connectivity index (χ2v) is 7.76. The van der Waals surface area contributed by atoms with Crippen molar-refractivity contribution in [2.75, 3.05) is 23.4 Å². The number of ether oxygens (including phenoxy) is 1. The molecule has 0 saturated heterocycles. The maximum Gasteiger partial charge on any atom is 0.262 e. The maximum absolute atomic E-state index is 12.9. The fraction of sp³-hybridized carbons (Fsp3) is 0.111. The summed E-state index contributed by atoms with van der Waals surface area (Å²) in [5, 5.41) is 4.99. The van der Waals surface area contributed by atoms with E-state index in [1.54, 1.807) is 29.2 Å². The van der Waals surface area contributed by atoms with Crippen LogP contribution in [0.4, 0.5) is 11.4 Å². The van der Waals surface area contributed by atoms with Crippen molar-refractivity contribution in [1.82, 2.24) is 0 Å². The van der Waals surface area contributed by atoms with Gasteiger partial charge in [0, 0.05) is 23.5 Å². The Labute approximate surface area is 186 Å². The monoisotopic (exact) mass is 422 g/mol. The molecule has 5 nitrogen and oxygen atoms in total. The van der Waals surface area contributed by atoms with Gasteiger partial charge in [0.25, 0.3) is 11.8 Å². The highest BCUT2D eigenvalue weighted by Crippen LogP contribution is 2.29. The molecule has 2 amide bonds. The molecule has 0 aromatic heterocycles. The van der Waals surface area contributed by atoms with Gasteiger partial charge in [0.2, 0.25) is 0 Å². The van der Waals surface area contributed by atoms with Crippen LogP contribution < -0.4 is 15.0 Å². The van der Waals surface area contributed by atoms with Crippen LogP contribution in [0.25, 0.3) is 10.8 Å². The van der Waals surface area contributed by atoms with Crippen molar-refractivity contribution in [3.8, 4) is 5.75 Å². The number of benzene rings is 4. The van der Waals surface area contributed by atoms with Crippen molar-refractivity contribution < 1.29 is 14.3 Å². The van der Waals surface area contributed by atoms with Gasteiger partial charge in [-0.2, -0.15) is 0 Å². The minimum atomic E-state index is -0.259. The molecule has 1 aliphatic rings. The van der Waals surface area contributed by atoms with Crippen molar-refractivity contribution in [2.45, 2.75) is 6.42 Å². The van der Waals surface area contributed by atoms with Crippen LogP contribution in [-0.2, 0) is 11.2 Å². The fourth-order valence-corrected chi connectivity index (χ4v) is 4.00. The second kappa shape index (κ2) is 8.55. The Kier molecular flexibility index (Phi) is 5.30. The van der Waals surface area contributed by atoms with E-state index in [1.807, 2.05) is 60.7 Å². The van der Waals surface area contributed by atoms with Gasteiger partial charge in [-0.3, -0.25) is 9.59 Å². The molecule has 1 heterocycles. The maximum atomic E-state index is 12.9. The summed E-state index contributed by atoms with van der Waals surface area (Å²) in [5.74, 6) is 0.351. The van der Waals surface area contributed by atoms with E-state index in [9.17, 15) is 9.59 Å². The Morgan fingerprint density at radius 2 is 1.59 bits per heavy atom. The topological polar surface area (TPSA) is 58.6 Å². The summed E-state index contributed by atoms with van der Waals surface area (Å²) in [7, 11) is 0. The standard InChI is InChI=1S/C27H22N2O3/c30-26(18-32-24-14-11-19-5-1-2-7-22(19)17-24)28-23-12-9-21(10-13-23)27(31)29-16-15-20-6-3-4-8-25(20)29/h1-14,17H,15-16,18H2,(H,28,30). The molecule has 5 rings (SSSR count). The smallest absolute Gasteiger partial charge is 0.262 e. The Hall–Kier alpha value is -4.12. The molecule has 0 fully saturated rings. The Morgan fingerprint density at radius 3 is 2.44 bits per heavy atom. The third-order valence-corrected chi connectivity index (χ3v) is 5.64. The van der Waals surface area contributed by atoms with Crippen molar-refractivity contribution in [3.63, 3.8) is 0 Å². The van der Waals surface area contributed by atoms with E-state index in [-0.39, 0.29) is 18.4 Å². The van der Waals surface area contributed by atoms with E-state index in [1.165, 1.54) is 5.56 Å². The minimum absolute atomic E-state index is 0.0348. The summed E-state index contributed by atoms with van der Waals surface area (Å²) >= 11 is 0. The molecule has 0 aliphatic carbocycles. The highest BCUT2D eigenvalue weighted by atomic mass is 16.5. The van der Waals surface area contributed by atoms with Gasteiger partial charge in [0.1, 0.15) is 5.75 Å². The van der Waals surface area contributed by atoms with Crippen LogP contribution in [0, 0.1) is 0 Å². The van der Waals surface area contributed by atoms with Gasteiger partial charge in [-0.1, -0.05) is 48.5 Å². The molecule has 4 aromatic carbocycles. The Balaban J connectivity index is 1.19. The number of carbonyl (C=O) groups excluding carboxylic acids is 2. The quantitative estimate of drug-likeness (QED) is 0.489. The average molecular weight is 422 g/mol. The first kappa shape index (κ1) is 19.8. The molecule has 5 heteroatoms. The van der Waals surface area contributed by atoms with Crippen LogP contribution in [-0.4, -0.2) is 25.0 Å². The van der Waals surface area contributed by atoms with E-state index < -0.39 is 0 Å². The van der Waals surface area contributed by atoms with E-state index in [4.69, 9.17) is 4.74 Å². The van der Waals surface area contributed by atoms with Crippen molar-refractivity contribution in [1.29, 1.82) is 0 Å². The number of rotatable bonds is 5. The molecule has 0 unspecified atom stereocenters. The van der Waals surface area contributed by atoms with Crippen LogP contribution in [0.3, 0.4) is 0 Å². The number of amides is 2. The molecule has 158 valence electrons. The van der Waals surface area contributed by atoms with Gasteiger partial charge < -0.3 is 15.0 Å². The third kappa shape index (κ3) is 4.05. The van der Waals surface area contributed by atoms with Gasteiger partial charge in [0.15, 0.2) is 6.61 Å². The molecule has 0 atom stereocenters. The van der Waals surface area contributed by atoms with E-state index in [0.29, 0.717) is 23.5 Å². The van der Waals surface area contributed by atoms with Crippen LogP contribution in [0.15, 0.2) is 91.0 Å². The lowest BCUT2D eigenvalue weighted by molar-refractivity contribution is -0.118. The highest BCUT2D eigenvalue weighted by Gasteiger charge is 2.25. The van der Waals surface area contributed by atoms with Crippen molar-refractivity contribution in [3.05, 3.63) is 102 Å². The van der Waals surface area contributed by atoms with Gasteiger partial charge in [-0.25, -0.2) is 0 Å². The molecule has 0 saturated carbocycles. The largest absolute Gasteiger partial charge is 0.484 e. The summed E-state index contributed by atoms with van der Waals surface area (Å²) < 4.78 is 5.64. The zero-order valence-electron chi connectivity index (χ0n) is 17.5. The molecule has 0 spiro atoms. The normalized spacial score (nSPS) is 12.4. The highest BCUT2D eigenvalue weighted by molar-refractivity contribution is 6.07. The van der Waals surface area contributed by atoms with E-state index >= 15 is 0 Å². The molecular formula is C27H22N2O3. The number of nitrogens with one attached hydrogen (secondary N) is 1. The number of hydrogen-bond acceptors (Lipinski definition) is 3. The summed E-state index contributed by atoms with van der Waals surface area (Å²) in [6.07, 6.45) is 0.868. The first-order valence-corrected chi connectivity index (χ1v) is 10.6. The van der Waals surface area contributed by atoms with Crippen LogP contribution in [0.2, 0.25) is 0 Å². The molecular weight excluding hydrogens is 400 g/mol. The summed E-state index contributed by atoms with van der Waals surface area (Å²) in [6.45, 7) is 0.590. The predicted molar refractivity (Wildman–Crippen MR) is 126 cm³/mol. The van der Waals surface area contributed by atoms with E-state index in [2.05, 4.69) is 11.4 Å². The van der Waals surface area contributed by atoms with Gasteiger partial charge >= 0.3 is 0 Å². The lowest BCUT2D eigenvalue weighted by atomic mass is 10.1. The number of nitrogens with zero attached hydrogens (tertiary/aromatic N) is 1. The van der Waals surface area contributed by atoms with E-state index in [0.717, 1.165) is 22.9 Å². The third-order valence-electron chi connectivity index (χ3n) is 5.64. The van der Waals surface area contributed by atoms with Gasteiger partial charge in [-0.15, -0.1) is 0 Å². The Morgan fingerprint density at radius 1 is 0.844 bits per heavy atom. The Bertz CT molecular complexity index is 1300. The number of hydrogen-bond donors (Lipinski definition) is 1. The molecule has 1 N–H and O–H groups in total. The lowest BCUT2D eigenvalue weighted by Gasteiger charge is -2.17. The second-order valence-electron chi connectivity index (χ2n) is 7.76. The number of anilines is 2. The molecule has 0 radical (unpaired) electrons. The number of para-hydroxylation sites is 1. The zero-order valence-corrected chi connectivity index (χ0v) is 17.5. The predicted octanol–water partition coefficient (Wildman–Crippen LogP) is 5.06. The lowest BCUT2D eigenvalue weighted by Crippen LogP contribution is -2.28. The first-order valence-electron chi connectivity index (χ1n) is 10.6. The fourth-order valence-electron chi connectivity index (χ4n) is 4.00. The SMILES string of the molecule is O=C(COc1ccc2ccccc2c1)Nc1ccc(C(=O)N2CCc3ccccc32)cc1. The summed E-state index contributed by atoms with van der Waals surface area (Å²) in [4.78, 5) is 27.0. The van der Waals surface area contributed by atoms with Crippen molar-refractivity contribution in [2.24, 2.45) is 0 Å². The number of fused-ring (bicyclic) bond motifs is 2. The molecule has 32 heavy (non-hydrogen) atoms. The van der Waals surface area contributed by atoms with Crippen LogP contribution in [0.5, 0.6) is 5.75 Å². The first-order chi connectivity index (χ1) is 15.7. The molecule has 0 bridgehead atoms. The van der Waals surface area contributed by atoms with Gasteiger partial charge in [0.05, 0.1) is 0 Å². The number of carbonyl (C=O) groups is 2. The van der Waals surface area contributed by atoms with Gasteiger partial charge in [-0.05, 0) is 65.2 Å². The average Bonchev–Trinajstić information content (AvgIpc) is 3.27. The van der Waals surface area contributed by atoms with Crippen LogP contribution in [0.1, 0.15) is 15.9 Å². The molecule has 1 aliphatic heterocycles. The van der Waals surface area contributed by atoms with Crippen molar-refractivity contribution >= 4 is 34.0 Å². The molecule has 4 aromatic rings. The minimum Gasteiger partial charge on any atom is -0.484 e. The summed E-state index contributed by atoms with van der Waals surface area (Å²) in [5.41, 5.74) is 3.37. The van der Waals surface area contributed by atoms with Crippen LogP contribution >= 0.6 is 0 Å². The summed E-state index contributed by atoms with van der Waals surface area (Å²) in [6, 6.07) is 28.7.